The summed E-state index contributed by atoms with van der Waals surface area (Å²) in [5.41, 5.74) is 4.24. The third kappa shape index (κ3) is 5.24. The molecule has 4 nitrogen and oxygen atoms in total. The molecule has 34 heavy (non-hydrogen) atoms. The minimum Gasteiger partial charge on any atom is -0.423 e. The lowest BCUT2D eigenvalue weighted by Crippen LogP contribution is -2.39. The maximum atomic E-state index is 12.2. The van der Waals surface area contributed by atoms with Gasteiger partial charge in [0.05, 0.1) is 5.69 Å². The average Bonchev–Trinajstić information content (AvgIpc) is 2.86. The number of benzene rings is 3. The van der Waals surface area contributed by atoms with Gasteiger partial charge < -0.3 is 9.73 Å². The zero-order valence-corrected chi connectivity index (χ0v) is 19.7. The van der Waals surface area contributed by atoms with E-state index >= 15 is 0 Å². The molecule has 1 fully saturated rings. The Morgan fingerprint density at radius 3 is 2.53 bits per heavy atom. The van der Waals surface area contributed by atoms with Crippen molar-refractivity contribution in [2.24, 2.45) is 0 Å². The van der Waals surface area contributed by atoms with E-state index in [2.05, 4.69) is 46.6 Å². The quantitative estimate of drug-likeness (QED) is 0.318. The minimum atomic E-state index is -0.344. The highest BCUT2D eigenvalue weighted by atomic mass is 35.5. The summed E-state index contributed by atoms with van der Waals surface area (Å²) in [7, 11) is 0. The molecule has 0 atom stereocenters. The summed E-state index contributed by atoms with van der Waals surface area (Å²) in [5.74, 6) is 0. The summed E-state index contributed by atoms with van der Waals surface area (Å²) in [6.07, 6.45) is 6.45. The van der Waals surface area contributed by atoms with Gasteiger partial charge in [-0.15, -0.1) is 0 Å². The highest BCUT2D eigenvalue weighted by Gasteiger charge is 2.19. The topological polar surface area (TPSA) is 45.5 Å². The number of fused-ring (bicyclic) bond motifs is 1. The zero-order chi connectivity index (χ0) is 23.3. The van der Waals surface area contributed by atoms with E-state index in [1.165, 1.54) is 5.56 Å². The number of piperidine rings is 1. The second kappa shape index (κ2) is 10.3. The van der Waals surface area contributed by atoms with E-state index in [-0.39, 0.29) is 5.63 Å². The molecule has 172 valence electrons. The predicted octanol–water partition coefficient (Wildman–Crippen LogP) is 6.70. The molecule has 0 bridgehead atoms. The van der Waals surface area contributed by atoms with E-state index in [0.717, 1.165) is 54.7 Å². The molecule has 1 aliphatic heterocycles. The molecule has 5 heteroatoms. The molecule has 1 N–H and O–H groups in total. The number of anilines is 1. The molecule has 0 spiro atoms. The largest absolute Gasteiger partial charge is 0.423 e. The summed E-state index contributed by atoms with van der Waals surface area (Å²) < 4.78 is 5.47. The van der Waals surface area contributed by atoms with E-state index in [4.69, 9.17) is 16.0 Å². The van der Waals surface area contributed by atoms with Crippen LogP contribution in [0.2, 0.25) is 5.02 Å². The molecule has 1 saturated heterocycles. The van der Waals surface area contributed by atoms with Gasteiger partial charge in [0.25, 0.3) is 0 Å². The van der Waals surface area contributed by atoms with Gasteiger partial charge in [-0.3, -0.25) is 4.90 Å². The van der Waals surface area contributed by atoms with Crippen LogP contribution in [0.5, 0.6) is 0 Å². The van der Waals surface area contributed by atoms with Gasteiger partial charge in [0, 0.05) is 47.7 Å². The molecular weight excluding hydrogens is 444 g/mol. The Labute approximate surface area is 204 Å². The minimum absolute atomic E-state index is 0.309. The normalized spacial score (nSPS) is 15.2. The van der Waals surface area contributed by atoms with E-state index in [0.29, 0.717) is 16.6 Å². The molecule has 0 aliphatic carbocycles. The summed E-state index contributed by atoms with van der Waals surface area (Å²) in [5, 5.41) is 5.21. The van der Waals surface area contributed by atoms with Crippen LogP contribution >= 0.6 is 11.6 Å². The molecule has 2 heterocycles. The highest BCUT2D eigenvalue weighted by molar-refractivity contribution is 6.33. The first-order valence-electron chi connectivity index (χ1n) is 11.7. The van der Waals surface area contributed by atoms with Crippen LogP contribution in [0.3, 0.4) is 0 Å². The predicted molar refractivity (Wildman–Crippen MR) is 141 cm³/mol. The van der Waals surface area contributed by atoms with Crippen LogP contribution in [-0.2, 0) is 0 Å². The van der Waals surface area contributed by atoms with E-state index in [9.17, 15) is 4.79 Å². The molecule has 1 aliphatic rings. The van der Waals surface area contributed by atoms with Crippen molar-refractivity contribution in [3.05, 3.63) is 106 Å². The molecule has 0 radical (unpaired) electrons. The molecule has 0 saturated carbocycles. The average molecular weight is 471 g/mol. The molecule has 5 rings (SSSR count). The lowest BCUT2D eigenvalue weighted by Gasteiger charge is -2.32. The maximum Gasteiger partial charge on any atom is 0.338 e. The second-order valence-corrected chi connectivity index (χ2v) is 9.11. The van der Waals surface area contributed by atoms with Crippen LogP contribution in [0.4, 0.5) is 5.69 Å². The highest BCUT2D eigenvalue weighted by Crippen LogP contribution is 2.32. The van der Waals surface area contributed by atoms with Crippen molar-refractivity contribution in [1.29, 1.82) is 0 Å². The van der Waals surface area contributed by atoms with Crippen molar-refractivity contribution in [1.82, 2.24) is 4.90 Å². The van der Waals surface area contributed by atoms with Crippen molar-refractivity contribution in [2.75, 3.05) is 25.0 Å². The van der Waals surface area contributed by atoms with Crippen LogP contribution in [0.1, 0.15) is 18.4 Å². The van der Waals surface area contributed by atoms with Crippen molar-refractivity contribution < 1.29 is 4.42 Å². The summed E-state index contributed by atoms with van der Waals surface area (Å²) in [6, 6.07) is 25.9. The molecule has 0 amide bonds. The number of nitrogens with one attached hydrogen (secondary N) is 1. The van der Waals surface area contributed by atoms with Gasteiger partial charge in [0.2, 0.25) is 0 Å². The third-order valence-electron chi connectivity index (χ3n) is 6.35. The van der Waals surface area contributed by atoms with Gasteiger partial charge in [0.15, 0.2) is 0 Å². The number of nitrogens with zero attached hydrogens (tertiary/aromatic N) is 1. The molecular formula is C29H27ClN2O2. The van der Waals surface area contributed by atoms with E-state index < -0.39 is 0 Å². The Morgan fingerprint density at radius 1 is 0.971 bits per heavy atom. The Morgan fingerprint density at radius 2 is 1.74 bits per heavy atom. The first-order chi connectivity index (χ1) is 16.7. The number of likely N-dealkylation sites (tertiary alicyclic amines) is 1. The SMILES string of the molecule is O=c1cc(NC2CCN(CC=Cc3ccccc3)CC2)c2cc(-c3ccccc3Cl)ccc2o1. The first kappa shape index (κ1) is 22.5. The second-order valence-electron chi connectivity index (χ2n) is 8.70. The molecule has 0 unspecified atom stereocenters. The van der Waals surface area contributed by atoms with Gasteiger partial charge in [-0.25, -0.2) is 4.79 Å². The number of hydrogen-bond donors (Lipinski definition) is 1. The van der Waals surface area contributed by atoms with Crippen molar-refractivity contribution in [3.63, 3.8) is 0 Å². The molecule has 1 aromatic heterocycles. The monoisotopic (exact) mass is 470 g/mol. The zero-order valence-electron chi connectivity index (χ0n) is 18.9. The maximum absolute atomic E-state index is 12.2. The Hall–Kier alpha value is -3.34. The smallest absolute Gasteiger partial charge is 0.338 e. The number of hydrogen-bond acceptors (Lipinski definition) is 4. The van der Waals surface area contributed by atoms with Crippen LogP contribution in [0.15, 0.2) is 94.2 Å². The number of rotatable bonds is 6. The third-order valence-corrected chi connectivity index (χ3v) is 6.68. The van der Waals surface area contributed by atoms with Crippen LogP contribution in [0.25, 0.3) is 28.2 Å². The summed E-state index contributed by atoms with van der Waals surface area (Å²) >= 11 is 6.42. The fourth-order valence-electron chi connectivity index (χ4n) is 4.53. The summed E-state index contributed by atoms with van der Waals surface area (Å²) in [4.78, 5) is 14.7. The molecule has 3 aromatic carbocycles. The van der Waals surface area contributed by atoms with Gasteiger partial charge in [-0.05, 0) is 42.2 Å². The van der Waals surface area contributed by atoms with E-state index in [1.807, 2.05) is 48.5 Å². The van der Waals surface area contributed by atoms with Crippen LogP contribution < -0.4 is 10.9 Å². The van der Waals surface area contributed by atoms with Crippen molar-refractivity contribution in [3.8, 4) is 11.1 Å². The fourth-order valence-corrected chi connectivity index (χ4v) is 4.77. The van der Waals surface area contributed by atoms with Crippen molar-refractivity contribution >= 4 is 34.3 Å². The van der Waals surface area contributed by atoms with Crippen molar-refractivity contribution in [2.45, 2.75) is 18.9 Å². The fraction of sp³-hybridized carbons (Fsp3) is 0.207. The van der Waals surface area contributed by atoms with Gasteiger partial charge in [-0.2, -0.15) is 0 Å². The Balaban J connectivity index is 1.28. The van der Waals surface area contributed by atoms with E-state index in [1.54, 1.807) is 6.07 Å². The molecule has 4 aromatic rings. The van der Waals surface area contributed by atoms with Crippen LogP contribution in [-0.4, -0.2) is 30.6 Å². The Bertz CT molecular complexity index is 1360. The first-order valence-corrected chi connectivity index (χ1v) is 12.1. The lowest BCUT2D eigenvalue weighted by atomic mass is 10.0. The van der Waals surface area contributed by atoms with Gasteiger partial charge >= 0.3 is 5.63 Å². The number of halogens is 1. The lowest BCUT2D eigenvalue weighted by molar-refractivity contribution is 0.240. The van der Waals surface area contributed by atoms with Gasteiger partial charge in [0.1, 0.15) is 5.58 Å². The summed E-state index contributed by atoms with van der Waals surface area (Å²) in [6.45, 7) is 2.97. The van der Waals surface area contributed by atoms with Crippen LogP contribution in [0, 0.1) is 0 Å². The Kier molecular flexibility index (Phi) is 6.79. The standard InChI is InChI=1S/C29H27ClN2O2/c30-26-11-5-4-10-24(26)22-12-13-28-25(19-22)27(20-29(33)34-28)31-23-14-17-32(18-15-23)16-6-9-21-7-2-1-3-8-21/h1-13,19-20,23,31H,14-18H2. The van der Waals surface area contributed by atoms with Gasteiger partial charge in [-0.1, -0.05) is 78.4 Å².